The summed E-state index contributed by atoms with van der Waals surface area (Å²) in [6.45, 7) is 3.20. The molecule has 0 radical (unpaired) electrons. The van der Waals surface area contributed by atoms with Gasteiger partial charge in [0.1, 0.15) is 0 Å². The van der Waals surface area contributed by atoms with Crippen molar-refractivity contribution in [1.82, 2.24) is 9.88 Å². The van der Waals surface area contributed by atoms with Crippen molar-refractivity contribution in [2.45, 2.75) is 19.3 Å². The molecule has 0 unspecified atom stereocenters. The number of nitrogens with zero attached hydrogens (tertiary/aromatic N) is 2. The highest BCUT2D eigenvalue weighted by Gasteiger charge is 2.20. The van der Waals surface area contributed by atoms with Crippen LogP contribution in [0.1, 0.15) is 18.4 Å². The maximum atomic E-state index is 7.44. The molecular formula is C13H20N4. The van der Waals surface area contributed by atoms with Gasteiger partial charge < -0.3 is 10.6 Å². The van der Waals surface area contributed by atoms with Gasteiger partial charge in [-0.15, -0.1) is 0 Å². The lowest BCUT2D eigenvalue weighted by Gasteiger charge is -2.31. The Morgan fingerprint density at radius 1 is 1.47 bits per heavy atom. The molecule has 92 valence electrons. The predicted octanol–water partition coefficient (Wildman–Crippen LogP) is 1.27. The predicted molar refractivity (Wildman–Crippen MR) is 69.0 cm³/mol. The quantitative estimate of drug-likeness (QED) is 0.607. The number of hydrogen-bond donors (Lipinski definition) is 2. The number of piperidine rings is 1. The number of hydrogen-bond acceptors (Lipinski definition) is 3. The molecule has 2 rings (SSSR count). The number of aromatic nitrogens is 1. The van der Waals surface area contributed by atoms with Gasteiger partial charge in [0.05, 0.1) is 5.84 Å². The average molecular weight is 232 g/mol. The Morgan fingerprint density at radius 2 is 2.24 bits per heavy atom. The molecular weight excluding hydrogens is 212 g/mol. The second-order valence-corrected chi connectivity index (χ2v) is 4.68. The van der Waals surface area contributed by atoms with Gasteiger partial charge in [0, 0.05) is 24.9 Å². The van der Waals surface area contributed by atoms with E-state index in [9.17, 15) is 0 Å². The van der Waals surface area contributed by atoms with Crippen molar-refractivity contribution in [2.75, 3.05) is 19.6 Å². The summed E-state index contributed by atoms with van der Waals surface area (Å²) in [5.41, 5.74) is 6.83. The smallest absolute Gasteiger partial charge is 0.0937 e. The third-order valence-corrected chi connectivity index (χ3v) is 3.47. The molecule has 0 aliphatic carbocycles. The van der Waals surface area contributed by atoms with Gasteiger partial charge in [-0.2, -0.15) is 0 Å². The SMILES string of the molecule is N=C(N)C1CCN(CCc2cccnc2)CC1. The van der Waals surface area contributed by atoms with E-state index in [1.165, 1.54) is 5.56 Å². The molecule has 0 atom stereocenters. The Kier molecular flexibility index (Phi) is 4.09. The van der Waals surface area contributed by atoms with Crippen molar-refractivity contribution in [3.05, 3.63) is 30.1 Å². The lowest BCUT2D eigenvalue weighted by Crippen LogP contribution is -2.39. The summed E-state index contributed by atoms with van der Waals surface area (Å²) in [7, 11) is 0. The van der Waals surface area contributed by atoms with Crippen LogP contribution in [0.15, 0.2) is 24.5 Å². The lowest BCUT2D eigenvalue weighted by atomic mass is 9.95. The largest absolute Gasteiger partial charge is 0.387 e. The summed E-state index contributed by atoms with van der Waals surface area (Å²) in [5.74, 6) is 0.668. The number of pyridine rings is 1. The summed E-state index contributed by atoms with van der Waals surface area (Å²) in [6, 6.07) is 4.10. The van der Waals surface area contributed by atoms with E-state index in [0.717, 1.165) is 38.9 Å². The summed E-state index contributed by atoms with van der Waals surface area (Å²) in [4.78, 5) is 6.57. The van der Waals surface area contributed by atoms with E-state index >= 15 is 0 Å². The van der Waals surface area contributed by atoms with Crippen molar-refractivity contribution in [3.8, 4) is 0 Å². The molecule has 4 heteroatoms. The highest BCUT2D eigenvalue weighted by molar-refractivity contribution is 5.79. The fourth-order valence-electron chi connectivity index (χ4n) is 2.30. The maximum Gasteiger partial charge on any atom is 0.0937 e. The Balaban J connectivity index is 1.74. The van der Waals surface area contributed by atoms with Crippen LogP contribution in [-0.2, 0) is 6.42 Å². The second kappa shape index (κ2) is 5.77. The molecule has 3 N–H and O–H groups in total. The fraction of sp³-hybridized carbons (Fsp3) is 0.538. The summed E-state index contributed by atoms with van der Waals surface area (Å²) < 4.78 is 0. The zero-order valence-corrected chi connectivity index (χ0v) is 10.1. The Hall–Kier alpha value is -1.42. The third-order valence-electron chi connectivity index (χ3n) is 3.47. The van der Waals surface area contributed by atoms with E-state index in [1.807, 2.05) is 18.5 Å². The first-order chi connectivity index (χ1) is 8.25. The van der Waals surface area contributed by atoms with Crippen molar-refractivity contribution in [2.24, 2.45) is 11.7 Å². The zero-order chi connectivity index (χ0) is 12.1. The van der Waals surface area contributed by atoms with Crippen LogP contribution in [-0.4, -0.2) is 35.4 Å². The minimum absolute atomic E-state index is 0.310. The van der Waals surface area contributed by atoms with Crippen LogP contribution in [0.2, 0.25) is 0 Å². The third kappa shape index (κ3) is 3.53. The fourth-order valence-corrected chi connectivity index (χ4v) is 2.30. The molecule has 0 bridgehead atoms. The maximum absolute atomic E-state index is 7.44. The Bertz CT molecular complexity index is 355. The molecule has 0 saturated carbocycles. The molecule has 0 spiro atoms. The normalized spacial score (nSPS) is 18.1. The molecule has 1 fully saturated rings. The first-order valence-electron chi connectivity index (χ1n) is 6.21. The van der Waals surface area contributed by atoms with E-state index < -0.39 is 0 Å². The minimum Gasteiger partial charge on any atom is -0.387 e. The first-order valence-corrected chi connectivity index (χ1v) is 6.21. The number of rotatable bonds is 4. The van der Waals surface area contributed by atoms with Gasteiger partial charge in [-0.25, -0.2) is 0 Å². The molecule has 17 heavy (non-hydrogen) atoms. The second-order valence-electron chi connectivity index (χ2n) is 4.68. The lowest BCUT2D eigenvalue weighted by molar-refractivity contribution is 0.211. The van der Waals surface area contributed by atoms with Gasteiger partial charge in [-0.1, -0.05) is 6.07 Å². The Morgan fingerprint density at radius 3 is 2.82 bits per heavy atom. The van der Waals surface area contributed by atoms with Gasteiger partial charge >= 0.3 is 0 Å². The van der Waals surface area contributed by atoms with Crippen LogP contribution >= 0.6 is 0 Å². The molecule has 0 amide bonds. The van der Waals surface area contributed by atoms with Crippen LogP contribution in [0.25, 0.3) is 0 Å². The van der Waals surface area contributed by atoms with Gasteiger partial charge in [-0.05, 0) is 44.0 Å². The average Bonchev–Trinajstić information content (AvgIpc) is 2.38. The van der Waals surface area contributed by atoms with Gasteiger partial charge in [0.2, 0.25) is 0 Å². The Labute approximate surface area is 102 Å². The van der Waals surface area contributed by atoms with Crippen LogP contribution in [0.3, 0.4) is 0 Å². The monoisotopic (exact) mass is 232 g/mol. The highest BCUT2D eigenvalue weighted by Crippen LogP contribution is 2.16. The van der Waals surface area contributed by atoms with E-state index in [4.69, 9.17) is 11.1 Å². The molecule has 1 saturated heterocycles. The van der Waals surface area contributed by atoms with Crippen LogP contribution in [0, 0.1) is 11.3 Å². The van der Waals surface area contributed by atoms with Crippen LogP contribution in [0.5, 0.6) is 0 Å². The zero-order valence-electron chi connectivity index (χ0n) is 10.1. The van der Waals surface area contributed by atoms with Gasteiger partial charge in [0.25, 0.3) is 0 Å². The number of likely N-dealkylation sites (tertiary alicyclic amines) is 1. The minimum atomic E-state index is 0.310. The number of amidine groups is 1. The standard InChI is InChI=1S/C13H20N4/c14-13(15)12-4-8-17(9-5-12)7-3-11-2-1-6-16-10-11/h1-2,6,10,12H,3-5,7-9H2,(H3,14,15). The molecule has 4 nitrogen and oxygen atoms in total. The van der Waals surface area contributed by atoms with Gasteiger partial charge in [0.15, 0.2) is 0 Å². The molecule has 1 aromatic heterocycles. The van der Waals surface area contributed by atoms with E-state index in [0.29, 0.717) is 11.8 Å². The van der Waals surface area contributed by atoms with Crippen molar-refractivity contribution in [1.29, 1.82) is 5.41 Å². The molecule has 1 aliphatic heterocycles. The van der Waals surface area contributed by atoms with Crippen LogP contribution in [0.4, 0.5) is 0 Å². The number of nitrogens with one attached hydrogen (secondary N) is 1. The van der Waals surface area contributed by atoms with Crippen molar-refractivity contribution < 1.29 is 0 Å². The van der Waals surface area contributed by atoms with Crippen molar-refractivity contribution in [3.63, 3.8) is 0 Å². The molecule has 2 heterocycles. The summed E-state index contributed by atoms with van der Waals surface area (Å²) in [6.07, 6.45) is 6.85. The molecule has 1 aliphatic rings. The topological polar surface area (TPSA) is 66.0 Å². The molecule has 1 aromatic rings. The molecule has 0 aromatic carbocycles. The van der Waals surface area contributed by atoms with E-state index in [1.54, 1.807) is 0 Å². The summed E-state index contributed by atoms with van der Waals surface area (Å²) in [5, 5.41) is 7.44. The van der Waals surface area contributed by atoms with Crippen LogP contribution < -0.4 is 5.73 Å². The number of nitrogens with two attached hydrogens (primary N) is 1. The summed E-state index contributed by atoms with van der Waals surface area (Å²) >= 11 is 0. The van der Waals surface area contributed by atoms with Crippen molar-refractivity contribution >= 4 is 5.84 Å². The highest BCUT2D eigenvalue weighted by atomic mass is 15.1. The van der Waals surface area contributed by atoms with E-state index in [-0.39, 0.29) is 0 Å². The van der Waals surface area contributed by atoms with Gasteiger partial charge in [-0.3, -0.25) is 10.4 Å². The first kappa shape index (κ1) is 12.0. The van der Waals surface area contributed by atoms with E-state index in [2.05, 4.69) is 16.0 Å².